The van der Waals surface area contributed by atoms with Crippen LogP contribution in [0.5, 0.6) is 0 Å². The molecule has 0 aliphatic rings. The Morgan fingerprint density at radius 3 is 2.70 bits per heavy atom. The van der Waals surface area contributed by atoms with Gasteiger partial charge in [-0.3, -0.25) is 0 Å². The standard InChI is InChI=1S/C11H17N7S.ClH/c1-4-17(2)8-5-10(14-7-13-8)19-11-16-15-9(6-12)18(11)3;/h5,7H,4,6,12H2,1-3H3;1H. The normalized spacial score (nSPS) is 10.2. The zero-order valence-corrected chi connectivity index (χ0v) is 13.3. The van der Waals surface area contributed by atoms with Gasteiger partial charge in [-0.25, -0.2) is 9.97 Å². The Balaban J connectivity index is 0.00000200. The molecule has 110 valence electrons. The third-order valence-corrected chi connectivity index (χ3v) is 3.77. The van der Waals surface area contributed by atoms with Gasteiger partial charge in [0.1, 0.15) is 23.0 Å². The van der Waals surface area contributed by atoms with Gasteiger partial charge in [-0.15, -0.1) is 22.6 Å². The van der Waals surface area contributed by atoms with E-state index < -0.39 is 0 Å². The first-order valence-corrected chi connectivity index (χ1v) is 6.76. The molecule has 2 heterocycles. The number of halogens is 1. The smallest absolute Gasteiger partial charge is 0.197 e. The maximum atomic E-state index is 5.57. The molecular weight excluding hydrogens is 298 g/mol. The number of hydrogen-bond acceptors (Lipinski definition) is 7. The number of aromatic nitrogens is 5. The zero-order chi connectivity index (χ0) is 13.8. The van der Waals surface area contributed by atoms with Crippen molar-refractivity contribution in [2.45, 2.75) is 23.7 Å². The van der Waals surface area contributed by atoms with Gasteiger partial charge in [-0.1, -0.05) is 0 Å². The minimum Gasteiger partial charge on any atom is -0.360 e. The molecule has 20 heavy (non-hydrogen) atoms. The highest BCUT2D eigenvalue weighted by Gasteiger charge is 2.11. The van der Waals surface area contributed by atoms with Crippen LogP contribution < -0.4 is 10.6 Å². The van der Waals surface area contributed by atoms with Crippen LogP contribution in [0.15, 0.2) is 22.6 Å². The van der Waals surface area contributed by atoms with Crippen LogP contribution in [0, 0.1) is 0 Å². The Hall–Kier alpha value is -1.38. The Labute approximate surface area is 128 Å². The molecule has 7 nitrogen and oxygen atoms in total. The lowest BCUT2D eigenvalue weighted by atomic mass is 10.5. The molecule has 0 aromatic carbocycles. The molecule has 0 atom stereocenters. The molecule has 0 radical (unpaired) electrons. The number of nitrogens with two attached hydrogens (primary N) is 1. The molecule has 2 aromatic rings. The predicted molar refractivity (Wildman–Crippen MR) is 81.2 cm³/mol. The molecule has 0 aliphatic carbocycles. The Morgan fingerprint density at radius 1 is 1.35 bits per heavy atom. The quantitative estimate of drug-likeness (QED) is 0.827. The monoisotopic (exact) mass is 315 g/mol. The van der Waals surface area contributed by atoms with Crippen LogP contribution in [0.1, 0.15) is 12.7 Å². The molecule has 0 fully saturated rings. The summed E-state index contributed by atoms with van der Waals surface area (Å²) in [6, 6.07) is 1.94. The second-order valence-electron chi connectivity index (χ2n) is 3.99. The van der Waals surface area contributed by atoms with E-state index in [1.165, 1.54) is 11.8 Å². The molecule has 0 unspecified atom stereocenters. The summed E-state index contributed by atoms with van der Waals surface area (Å²) < 4.78 is 1.87. The van der Waals surface area contributed by atoms with E-state index in [1.54, 1.807) is 6.33 Å². The molecule has 0 saturated carbocycles. The Kier molecular flexibility index (Phi) is 6.18. The molecule has 0 bridgehead atoms. The van der Waals surface area contributed by atoms with E-state index in [4.69, 9.17) is 5.73 Å². The van der Waals surface area contributed by atoms with E-state index in [1.807, 2.05) is 29.6 Å². The second kappa shape index (κ2) is 7.41. The van der Waals surface area contributed by atoms with Gasteiger partial charge in [0.05, 0.1) is 6.54 Å². The van der Waals surface area contributed by atoms with Gasteiger partial charge >= 0.3 is 0 Å². The van der Waals surface area contributed by atoms with E-state index in [0.717, 1.165) is 28.4 Å². The van der Waals surface area contributed by atoms with Crippen molar-refractivity contribution >= 4 is 30.0 Å². The third kappa shape index (κ3) is 3.59. The number of hydrogen-bond donors (Lipinski definition) is 1. The summed E-state index contributed by atoms with van der Waals surface area (Å²) in [5.41, 5.74) is 5.57. The Morgan fingerprint density at radius 2 is 2.10 bits per heavy atom. The minimum absolute atomic E-state index is 0. The van der Waals surface area contributed by atoms with Crippen molar-refractivity contribution < 1.29 is 0 Å². The molecule has 0 amide bonds. The lowest BCUT2D eigenvalue weighted by Crippen LogP contribution is -2.17. The molecule has 0 aliphatic heterocycles. The van der Waals surface area contributed by atoms with Crippen LogP contribution in [0.25, 0.3) is 0 Å². The number of rotatable bonds is 5. The highest BCUT2D eigenvalue weighted by atomic mass is 35.5. The lowest BCUT2D eigenvalue weighted by Gasteiger charge is -2.15. The largest absolute Gasteiger partial charge is 0.360 e. The van der Waals surface area contributed by atoms with Crippen molar-refractivity contribution in [2.24, 2.45) is 12.8 Å². The first-order chi connectivity index (χ1) is 9.15. The van der Waals surface area contributed by atoms with Gasteiger partial charge in [-0.05, 0) is 18.7 Å². The van der Waals surface area contributed by atoms with Crippen LogP contribution >= 0.6 is 24.2 Å². The summed E-state index contributed by atoms with van der Waals surface area (Å²) in [6.45, 7) is 3.34. The van der Waals surface area contributed by atoms with E-state index in [2.05, 4.69) is 27.1 Å². The second-order valence-corrected chi connectivity index (χ2v) is 4.98. The fourth-order valence-electron chi connectivity index (χ4n) is 1.46. The SMILES string of the molecule is CCN(C)c1cc(Sc2nnc(CN)n2C)ncn1.Cl. The zero-order valence-electron chi connectivity index (χ0n) is 11.6. The summed E-state index contributed by atoms with van der Waals surface area (Å²) in [7, 11) is 3.89. The van der Waals surface area contributed by atoms with Gasteiger partial charge in [0.25, 0.3) is 0 Å². The molecule has 0 spiro atoms. The van der Waals surface area contributed by atoms with Gasteiger partial charge in [-0.2, -0.15) is 0 Å². The fraction of sp³-hybridized carbons (Fsp3) is 0.455. The van der Waals surface area contributed by atoms with Crippen molar-refractivity contribution in [1.82, 2.24) is 24.7 Å². The molecule has 9 heteroatoms. The maximum absolute atomic E-state index is 5.57. The van der Waals surface area contributed by atoms with Crippen LogP contribution in [0.3, 0.4) is 0 Å². The summed E-state index contributed by atoms with van der Waals surface area (Å²) in [5.74, 6) is 1.64. The highest BCUT2D eigenvalue weighted by molar-refractivity contribution is 7.99. The van der Waals surface area contributed by atoms with Crippen molar-refractivity contribution in [1.29, 1.82) is 0 Å². The predicted octanol–water partition coefficient (Wildman–Crippen LogP) is 1.09. The Bertz CT molecular complexity index is 559. The molecule has 2 rings (SSSR count). The van der Waals surface area contributed by atoms with Crippen LogP contribution in [-0.2, 0) is 13.6 Å². The van der Waals surface area contributed by atoms with Crippen molar-refractivity contribution in [3.05, 3.63) is 18.2 Å². The first-order valence-electron chi connectivity index (χ1n) is 5.95. The average Bonchev–Trinajstić information content (AvgIpc) is 2.79. The van der Waals surface area contributed by atoms with Crippen LogP contribution in [-0.4, -0.2) is 38.3 Å². The molecule has 2 aromatic heterocycles. The molecule has 0 saturated heterocycles. The van der Waals surface area contributed by atoms with Crippen molar-refractivity contribution in [2.75, 3.05) is 18.5 Å². The van der Waals surface area contributed by atoms with E-state index >= 15 is 0 Å². The van der Waals surface area contributed by atoms with Gasteiger partial charge < -0.3 is 15.2 Å². The topological polar surface area (TPSA) is 85.8 Å². The molecular formula is C11H18ClN7S. The minimum atomic E-state index is 0. The van der Waals surface area contributed by atoms with Gasteiger partial charge in [0.15, 0.2) is 5.16 Å². The number of nitrogens with zero attached hydrogens (tertiary/aromatic N) is 6. The van der Waals surface area contributed by atoms with Crippen LogP contribution in [0.2, 0.25) is 0 Å². The number of anilines is 1. The van der Waals surface area contributed by atoms with Crippen molar-refractivity contribution in [3.8, 4) is 0 Å². The molecule has 2 N–H and O–H groups in total. The van der Waals surface area contributed by atoms with Gasteiger partial charge in [0.2, 0.25) is 0 Å². The average molecular weight is 316 g/mol. The van der Waals surface area contributed by atoms with Crippen LogP contribution in [0.4, 0.5) is 5.82 Å². The fourth-order valence-corrected chi connectivity index (χ4v) is 2.24. The van der Waals surface area contributed by atoms with Gasteiger partial charge in [0, 0.05) is 26.7 Å². The van der Waals surface area contributed by atoms with E-state index in [9.17, 15) is 0 Å². The summed E-state index contributed by atoms with van der Waals surface area (Å²) in [6.07, 6.45) is 1.56. The van der Waals surface area contributed by atoms with E-state index in [-0.39, 0.29) is 12.4 Å². The summed E-state index contributed by atoms with van der Waals surface area (Å²) in [5, 5.41) is 9.72. The summed E-state index contributed by atoms with van der Waals surface area (Å²) >= 11 is 1.45. The third-order valence-electron chi connectivity index (χ3n) is 2.80. The first kappa shape index (κ1) is 16.7. The lowest BCUT2D eigenvalue weighted by molar-refractivity contribution is 0.733. The summed E-state index contributed by atoms with van der Waals surface area (Å²) in [4.78, 5) is 10.5. The van der Waals surface area contributed by atoms with Crippen molar-refractivity contribution in [3.63, 3.8) is 0 Å². The highest BCUT2D eigenvalue weighted by Crippen LogP contribution is 2.25. The van der Waals surface area contributed by atoms with E-state index in [0.29, 0.717) is 6.54 Å². The maximum Gasteiger partial charge on any atom is 0.197 e.